The van der Waals surface area contributed by atoms with Gasteiger partial charge in [0.15, 0.2) is 0 Å². The maximum absolute atomic E-state index is 9.38. The minimum Gasteiger partial charge on any atom is -0.497 e. The maximum Gasteiger partial charge on any atom is 0.118 e. The normalized spacial score (nSPS) is 18.4. The molecule has 0 spiro atoms. The van der Waals surface area contributed by atoms with E-state index in [0.717, 1.165) is 11.3 Å². The Kier molecular flexibility index (Phi) is 4.03. The smallest absolute Gasteiger partial charge is 0.118 e. The molecule has 0 amide bonds. The zero-order valence-electron chi connectivity index (χ0n) is 10.4. The molecule has 1 aromatic rings. The molecule has 2 nitrogen and oxygen atoms in total. The molecular weight excluding hydrogens is 210 g/mol. The summed E-state index contributed by atoms with van der Waals surface area (Å²) in [6.45, 7) is 0. The van der Waals surface area contributed by atoms with Crippen molar-refractivity contribution in [2.75, 3.05) is 7.11 Å². The first kappa shape index (κ1) is 12.0. The zero-order chi connectivity index (χ0) is 12.1. The van der Waals surface area contributed by atoms with Crippen LogP contribution in [0.5, 0.6) is 5.75 Å². The molecule has 2 rings (SSSR count). The van der Waals surface area contributed by atoms with Crippen LogP contribution in [-0.4, -0.2) is 7.11 Å². The van der Waals surface area contributed by atoms with Gasteiger partial charge in [0, 0.05) is 0 Å². The maximum atomic E-state index is 9.38. The number of nitrogens with zero attached hydrogens (tertiary/aromatic N) is 1. The molecular formula is C15H19NO. The zero-order valence-corrected chi connectivity index (χ0v) is 10.4. The number of benzene rings is 1. The van der Waals surface area contributed by atoms with Crippen molar-refractivity contribution in [1.82, 2.24) is 0 Å². The van der Waals surface area contributed by atoms with E-state index in [4.69, 9.17) is 4.74 Å². The van der Waals surface area contributed by atoms with Gasteiger partial charge in [0.2, 0.25) is 0 Å². The summed E-state index contributed by atoms with van der Waals surface area (Å²) in [6, 6.07) is 10.4. The Morgan fingerprint density at radius 3 is 2.35 bits per heavy atom. The van der Waals surface area contributed by atoms with Crippen LogP contribution < -0.4 is 4.74 Å². The topological polar surface area (TPSA) is 33.0 Å². The largest absolute Gasteiger partial charge is 0.497 e. The Hall–Kier alpha value is -1.49. The molecule has 1 aromatic carbocycles. The quantitative estimate of drug-likeness (QED) is 0.788. The van der Waals surface area contributed by atoms with Crippen LogP contribution in [0, 0.1) is 17.2 Å². The van der Waals surface area contributed by atoms with Gasteiger partial charge in [-0.05, 0) is 36.5 Å². The van der Waals surface area contributed by atoms with Crippen LogP contribution >= 0.6 is 0 Å². The predicted molar refractivity (Wildman–Crippen MR) is 67.9 cm³/mol. The van der Waals surface area contributed by atoms with E-state index in [9.17, 15) is 5.26 Å². The van der Waals surface area contributed by atoms with Crippen LogP contribution in [0.1, 0.15) is 43.6 Å². The number of hydrogen-bond donors (Lipinski definition) is 0. The lowest BCUT2D eigenvalue weighted by Gasteiger charge is -2.26. The van der Waals surface area contributed by atoms with Crippen LogP contribution in [-0.2, 0) is 0 Å². The van der Waals surface area contributed by atoms with Gasteiger partial charge in [0.25, 0.3) is 0 Å². The third kappa shape index (κ3) is 2.79. The lowest BCUT2D eigenvalue weighted by atomic mass is 9.77. The van der Waals surface area contributed by atoms with E-state index in [2.05, 4.69) is 6.07 Å². The van der Waals surface area contributed by atoms with Crippen LogP contribution in [0.15, 0.2) is 24.3 Å². The van der Waals surface area contributed by atoms with Crippen molar-refractivity contribution in [3.63, 3.8) is 0 Å². The molecule has 17 heavy (non-hydrogen) atoms. The van der Waals surface area contributed by atoms with Crippen molar-refractivity contribution in [2.45, 2.75) is 38.0 Å². The highest BCUT2D eigenvalue weighted by atomic mass is 16.5. The molecule has 0 saturated heterocycles. The highest BCUT2D eigenvalue weighted by Gasteiger charge is 2.24. The first-order valence-corrected chi connectivity index (χ1v) is 6.38. The van der Waals surface area contributed by atoms with Crippen molar-refractivity contribution >= 4 is 0 Å². The summed E-state index contributed by atoms with van der Waals surface area (Å²) in [5.74, 6) is 1.46. The number of methoxy groups -OCH3 is 1. The summed E-state index contributed by atoms with van der Waals surface area (Å²) in [7, 11) is 1.66. The number of hydrogen-bond acceptors (Lipinski definition) is 2. The molecule has 1 aliphatic rings. The number of ether oxygens (including phenoxy) is 1. The van der Waals surface area contributed by atoms with Crippen LogP contribution in [0.3, 0.4) is 0 Å². The molecule has 1 aliphatic carbocycles. The minimum atomic E-state index is 0.0567. The van der Waals surface area contributed by atoms with Gasteiger partial charge in [-0.1, -0.05) is 31.4 Å². The molecule has 1 atom stereocenters. The molecule has 0 radical (unpaired) electrons. The molecule has 0 N–H and O–H groups in total. The van der Waals surface area contributed by atoms with Crippen molar-refractivity contribution in [3.05, 3.63) is 29.8 Å². The first-order chi connectivity index (χ1) is 8.35. The molecule has 0 heterocycles. The van der Waals surface area contributed by atoms with E-state index in [1.165, 1.54) is 32.1 Å². The Bertz CT molecular complexity index is 384. The SMILES string of the molecule is COc1ccc(C(C#N)C2CCCCC2)cc1. The average molecular weight is 229 g/mol. The van der Waals surface area contributed by atoms with Crippen molar-refractivity contribution in [1.29, 1.82) is 5.26 Å². The third-order valence-corrected chi connectivity index (χ3v) is 3.74. The Morgan fingerprint density at radius 1 is 1.18 bits per heavy atom. The highest BCUT2D eigenvalue weighted by molar-refractivity contribution is 5.32. The van der Waals surface area contributed by atoms with E-state index in [0.29, 0.717) is 5.92 Å². The minimum absolute atomic E-state index is 0.0567. The molecule has 0 aromatic heterocycles. The van der Waals surface area contributed by atoms with Crippen molar-refractivity contribution in [2.24, 2.45) is 5.92 Å². The van der Waals surface area contributed by atoms with Crippen molar-refractivity contribution < 1.29 is 4.74 Å². The molecule has 1 saturated carbocycles. The summed E-state index contributed by atoms with van der Waals surface area (Å²) >= 11 is 0. The molecule has 2 heteroatoms. The van der Waals surface area contributed by atoms with Gasteiger partial charge in [-0.25, -0.2) is 0 Å². The van der Waals surface area contributed by atoms with Gasteiger partial charge >= 0.3 is 0 Å². The van der Waals surface area contributed by atoms with Crippen molar-refractivity contribution in [3.8, 4) is 11.8 Å². The molecule has 0 bridgehead atoms. The summed E-state index contributed by atoms with van der Waals surface area (Å²) in [5, 5.41) is 9.38. The Balaban J connectivity index is 2.13. The summed E-state index contributed by atoms with van der Waals surface area (Å²) in [6.07, 6.45) is 6.28. The van der Waals surface area contributed by atoms with Gasteiger partial charge in [-0.3, -0.25) is 0 Å². The van der Waals surface area contributed by atoms with Gasteiger partial charge in [-0.2, -0.15) is 5.26 Å². The fourth-order valence-electron chi connectivity index (χ4n) is 2.73. The fraction of sp³-hybridized carbons (Fsp3) is 0.533. The van der Waals surface area contributed by atoms with Gasteiger partial charge in [0.1, 0.15) is 5.75 Å². The summed E-state index contributed by atoms with van der Waals surface area (Å²) in [4.78, 5) is 0. The van der Waals surface area contributed by atoms with E-state index in [-0.39, 0.29) is 5.92 Å². The predicted octanol–water partition coefficient (Wildman–Crippen LogP) is 3.88. The standard InChI is InChI=1S/C15H19NO/c1-17-14-9-7-13(8-10-14)15(11-16)12-5-3-2-4-6-12/h7-10,12,15H,2-6H2,1H3. The summed E-state index contributed by atoms with van der Waals surface area (Å²) < 4.78 is 5.15. The molecule has 90 valence electrons. The van der Waals surface area contributed by atoms with Crippen LogP contribution in [0.25, 0.3) is 0 Å². The van der Waals surface area contributed by atoms with Crippen LogP contribution in [0.2, 0.25) is 0 Å². The second kappa shape index (κ2) is 5.72. The van der Waals surface area contributed by atoms with Gasteiger partial charge in [0.05, 0.1) is 19.1 Å². The second-order valence-electron chi connectivity index (χ2n) is 4.78. The molecule has 0 aliphatic heterocycles. The molecule has 1 unspecified atom stereocenters. The van der Waals surface area contributed by atoms with Gasteiger partial charge in [-0.15, -0.1) is 0 Å². The van der Waals surface area contributed by atoms with E-state index >= 15 is 0 Å². The third-order valence-electron chi connectivity index (χ3n) is 3.74. The number of nitriles is 1. The Labute approximate surface area is 103 Å². The first-order valence-electron chi connectivity index (χ1n) is 6.38. The fourth-order valence-corrected chi connectivity index (χ4v) is 2.73. The lowest BCUT2D eigenvalue weighted by molar-refractivity contribution is 0.335. The van der Waals surface area contributed by atoms with E-state index < -0.39 is 0 Å². The lowest BCUT2D eigenvalue weighted by Crippen LogP contribution is -2.15. The summed E-state index contributed by atoms with van der Waals surface area (Å²) in [5.41, 5.74) is 1.14. The van der Waals surface area contributed by atoms with E-state index in [1.54, 1.807) is 7.11 Å². The van der Waals surface area contributed by atoms with Gasteiger partial charge < -0.3 is 4.74 Å². The van der Waals surface area contributed by atoms with E-state index in [1.807, 2.05) is 24.3 Å². The monoisotopic (exact) mass is 229 g/mol. The number of rotatable bonds is 3. The molecule has 1 fully saturated rings. The second-order valence-corrected chi connectivity index (χ2v) is 4.78. The highest BCUT2D eigenvalue weighted by Crippen LogP contribution is 2.36. The average Bonchev–Trinajstić information content (AvgIpc) is 2.42. The Morgan fingerprint density at radius 2 is 1.82 bits per heavy atom. The van der Waals surface area contributed by atoms with Crippen LogP contribution in [0.4, 0.5) is 0 Å².